The molecular formula is C35H50ClN3O5S. The second-order valence-electron chi connectivity index (χ2n) is 13.2. The number of hydrogen-bond acceptors (Lipinski definition) is 6. The van der Waals surface area contributed by atoms with E-state index in [9.17, 15) is 13.2 Å². The highest BCUT2D eigenvalue weighted by molar-refractivity contribution is 7.89. The van der Waals surface area contributed by atoms with E-state index in [0.717, 1.165) is 49.5 Å². The van der Waals surface area contributed by atoms with Crippen molar-refractivity contribution in [1.82, 2.24) is 14.1 Å². The van der Waals surface area contributed by atoms with Gasteiger partial charge in [-0.25, -0.2) is 8.42 Å². The van der Waals surface area contributed by atoms with Crippen LogP contribution in [0.5, 0.6) is 0 Å². The number of piperidine rings is 1. The fraction of sp³-hybridized carbons (Fsp3) is 0.629. The SMILES string of the molecule is C=CCCCCCCCC(CCC)N1CCC2(CC1)CN1C(=O)CN(S(=O)(=O)c3ccc4cc(Cl)ccc4c3)CC1(COC)O2. The standard InChI is InChI=1S/C35H50ClN3O5S/c1-4-6-7-8-9-10-11-13-31(12-5-2)37-20-18-34(19-21-37)25-39-33(40)24-38(26-35(39,44-34)27-43-3)45(41,42)32-17-15-28-22-30(36)16-14-29(28)23-32/h4,14-17,22-23,31H,1,5-13,18-21,24-27H2,2-3H3. The molecule has 2 atom stereocenters. The Balaban J connectivity index is 1.26. The first-order valence-electron chi connectivity index (χ1n) is 16.7. The van der Waals surface area contributed by atoms with Crippen LogP contribution < -0.4 is 0 Å². The number of hydrogen-bond donors (Lipinski definition) is 0. The van der Waals surface area contributed by atoms with Crippen molar-refractivity contribution in [3.8, 4) is 0 Å². The monoisotopic (exact) mass is 659 g/mol. The molecule has 0 saturated carbocycles. The number of methoxy groups -OCH3 is 1. The van der Waals surface area contributed by atoms with Crippen molar-refractivity contribution in [1.29, 1.82) is 0 Å². The Morgan fingerprint density at radius 3 is 2.47 bits per heavy atom. The third-order valence-electron chi connectivity index (χ3n) is 9.96. The zero-order chi connectivity index (χ0) is 32.1. The van der Waals surface area contributed by atoms with Gasteiger partial charge in [0.25, 0.3) is 0 Å². The molecule has 248 valence electrons. The lowest BCUT2D eigenvalue weighted by atomic mass is 9.89. The number of piperazine rings is 1. The lowest BCUT2D eigenvalue weighted by Crippen LogP contribution is -2.65. The predicted molar refractivity (Wildman–Crippen MR) is 180 cm³/mol. The van der Waals surface area contributed by atoms with Crippen molar-refractivity contribution < 1.29 is 22.7 Å². The lowest BCUT2D eigenvalue weighted by Gasteiger charge is -2.45. The summed E-state index contributed by atoms with van der Waals surface area (Å²) in [5, 5.41) is 2.21. The van der Waals surface area contributed by atoms with Crippen LogP contribution in [0.25, 0.3) is 10.8 Å². The summed E-state index contributed by atoms with van der Waals surface area (Å²) in [7, 11) is -2.40. The Kier molecular flexibility index (Phi) is 11.3. The number of ether oxygens (including phenoxy) is 2. The van der Waals surface area contributed by atoms with E-state index in [4.69, 9.17) is 21.1 Å². The number of fused-ring (bicyclic) bond motifs is 2. The molecule has 8 nitrogen and oxygen atoms in total. The highest BCUT2D eigenvalue weighted by Gasteiger charge is 2.61. The van der Waals surface area contributed by atoms with E-state index in [1.54, 1.807) is 48.4 Å². The summed E-state index contributed by atoms with van der Waals surface area (Å²) in [4.78, 5) is 18.2. The zero-order valence-electron chi connectivity index (χ0n) is 27.0. The number of allylic oxidation sites excluding steroid dienone is 1. The largest absolute Gasteiger partial charge is 0.380 e. The smallest absolute Gasteiger partial charge is 0.243 e. The molecule has 3 aliphatic rings. The molecule has 0 bridgehead atoms. The molecule has 0 aliphatic carbocycles. The van der Waals surface area contributed by atoms with Gasteiger partial charge in [0.15, 0.2) is 5.72 Å². The van der Waals surface area contributed by atoms with Crippen LogP contribution in [-0.4, -0.2) is 92.2 Å². The van der Waals surface area contributed by atoms with Crippen molar-refractivity contribution in [3.05, 3.63) is 54.1 Å². The first-order valence-corrected chi connectivity index (χ1v) is 18.5. The van der Waals surface area contributed by atoms with Crippen molar-refractivity contribution in [2.24, 2.45) is 0 Å². The number of benzene rings is 2. The summed E-state index contributed by atoms with van der Waals surface area (Å²) in [6.07, 6.45) is 14.7. The molecule has 3 saturated heterocycles. The van der Waals surface area contributed by atoms with E-state index in [2.05, 4.69) is 18.4 Å². The molecule has 2 aromatic carbocycles. The second-order valence-corrected chi connectivity index (χ2v) is 15.6. The van der Waals surface area contributed by atoms with E-state index in [1.807, 2.05) is 6.08 Å². The van der Waals surface area contributed by atoms with Crippen LogP contribution >= 0.6 is 11.6 Å². The van der Waals surface area contributed by atoms with Gasteiger partial charge in [0.05, 0.1) is 36.7 Å². The molecular weight excluding hydrogens is 610 g/mol. The lowest BCUT2D eigenvalue weighted by molar-refractivity contribution is -0.198. The maximum absolute atomic E-state index is 13.9. The highest BCUT2D eigenvalue weighted by atomic mass is 35.5. The Morgan fingerprint density at radius 1 is 1.02 bits per heavy atom. The molecule has 3 fully saturated rings. The minimum atomic E-state index is -3.97. The number of sulfonamides is 1. The topological polar surface area (TPSA) is 79.4 Å². The average molecular weight is 660 g/mol. The Morgan fingerprint density at radius 2 is 1.73 bits per heavy atom. The number of halogens is 1. The van der Waals surface area contributed by atoms with Gasteiger partial charge in [-0.1, -0.05) is 68.8 Å². The summed E-state index contributed by atoms with van der Waals surface area (Å²) < 4.78 is 41.6. The van der Waals surface area contributed by atoms with Gasteiger partial charge >= 0.3 is 0 Å². The number of carbonyl (C=O) groups is 1. The van der Waals surface area contributed by atoms with Crippen LogP contribution in [-0.2, 0) is 24.3 Å². The van der Waals surface area contributed by atoms with Gasteiger partial charge in [-0.05, 0) is 73.6 Å². The van der Waals surface area contributed by atoms with E-state index in [0.29, 0.717) is 17.6 Å². The van der Waals surface area contributed by atoms with E-state index < -0.39 is 21.3 Å². The fourth-order valence-corrected chi connectivity index (χ4v) is 9.22. The summed E-state index contributed by atoms with van der Waals surface area (Å²) >= 11 is 6.13. The summed E-state index contributed by atoms with van der Waals surface area (Å²) in [6.45, 7) is 8.30. The van der Waals surface area contributed by atoms with Gasteiger partial charge in [-0.2, -0.15) is 4.31 Å². The van der Waals surface area contributed by atoms with Gasteiger partial charge in [0.1, 0.15) is 0 Å². The average Bonchev–Trinajstić information content (AvgIpc) is 3.34. The Labute approximate surface area is 274 Å². The normalized spacial score (nSPS) is 23.1. The summed E-state index contributed by atoms with van der Waals surface area (Å²) in [5.41, 5.74) is -1.66. The van der Waals surface area contributed by atoms with Crippen molar-refractivity contribution >= 4 is 38.3 Å². The van der Waals surface area contributed by atoms with E-state index >= 15 is 0 Å². The number of unbranched alkanes of at least 4 members (excludes halogenated alkanes) is 5. The molecule has 0 radical (unpaired) electrons. The number of carbonyl (C=O) groups excluding carboxylic acids is 1. The van der Waals surface area contributed by atoms with E-state index in [-0.39, 0.29) is 30.5 Å². The van der Waals surface area contributed by atoms with Gasteiger partial charge < -0.3 is 19.3 Å². The van der Waals surface area contributed by atoms with E-state index in [1.165, 1.54) is 49.3 Å². The third kappa shape index (κ3) is 7.60. The molecule has 3 aliphatic heterocycles. The minimum absolute atomic E-state index is 0.0320. The molecule has 0 aromatic heterocycles. The zero-order valence-corrected chi connectivity index (χ0v) is 28.6. The van der Waals surface area contributed by atoms with Gasteiger partial charge in [-0.15, -0.1) is 6.58 Å². The van der Waals surface area contributed by atoms with Crippen molar-refractivity contribution in [2.45, 2.75) is 99.8 Å². The van der Waals surface area contributed by atoms with Crippen LogP contribution in [0.1, 0.15) is 77.6 Å². The Hall–Kier alpha value is -2.01. The molecule has 1 amide bonds. The minimum Gasteiger partial charge on any atom is -0.380 e. The number of nitrogens with zero attached hydrogens (tertiary/aromatic N) is 3. The van der Waals surface area contributed by atoms with Crippen molar-refractivity contribution in [2.75, 3.05) is 46.4 Å². The summed E-state index contributed by atoms with van der Waals surface area (Å²) in [5.74, 6) is -0.245. The molecule has 3 heterocycles. The van der Waals surface area contributed by atoms with Crippen LogP contribution in [0.4, 0.5) is 0 Å². The molecule has 1 spiro atoms. The molecule has 45 heavy (non-hydrogen) atoms. The van der Waals surface area contributed by atoms with Crippen LogP contribution in [0, 0.1) is 0 Å². The molecule has 10 heteroatoms. The maximum atomic E-state index is 13.9. The molecule has 0 N–H and O–H groups in total. The Bertz CT molecular complexity index is 1440. The van der Waals surface area contributed by atoms with Gasteiger partial charge in [-0.3, -0.25) is 4.79 Å². The molecule has 2 unspecified atom stereocenters. The van der Waals surface area contributed by atoms with Gasteiger partial charge in [0, 0.05) is 31.3 Å². The van der Waals surface area contributed by atoms with Crippen LogP contribution in [0.2, 0.25) is 5.02 Å². The number of amides is 1. The fourth-order valence-electron chi connectivity index (χ4n) is 7.57. The number of rotatable bonds is 15. The van der Waals surface area contributed by atoms with Gasteiger partial charge in [0.2, 0.25) is 15.9 Å². The summed E-state index contributed by atoms with van der Waals surface area (Å²) in [6, 6.07) is 10.9. The first-order chi connectivity index (χ1) is 21.6. The quantitative estimate of drug-likeness (QED) is 0.158. The molecule has 5 rings (SSSR count). The third-order valence-corrected chi connectivity index (χ3v) is 12.0. The van der Waals surface area contributed by atoms with Crippen LogP contribution in [0.3, 0.4) is 0 Å². The van der Waals surface area contributed by atoms with Crippen molar-refractivity contribution in [3.63, 3.8) is 0 Å². The highest BCUT2D eigenvalue weighted by Crippen LogP contribution is 2.44. The van der Waals surface area contributed by atoms with Crippen LogP contribution in [0.15, 0.2) is 53.9 Å². The maximum Gasteiger partial charge on any atom is 0.243 e. The molecule has 2 aromatic rings. The predicted octanol–water partition coefficient (Wildman–Crippen LogP) is 6.62. The number of likely N-dealkylation sites (tertiary alicyclic amines) is 1. The first kappa shape index (κ1) is 34.3. The second kappa shape index (κ2) is 14.8.